The van der Waals surface area contributed by atoms with Gasteiger partial charge in [0, 0.05) is 37.5 Å². The number of aromatic nitrogens is 2. The van der Waals surface area contributed by atoms with E-state index in [2.05, 4.69) is 25.8 Å². The highest BCUT2D eigenvalue weighted by molar-refractivity contribution is 7.13. The van der Waals surface area contributed by atoms with Crippen LogP contribution in [0.5, 0.6) is 0 Å². The van der Waals surface area contributed by atoms with E-state index in [9.17, 15) is 9.59 Å². The predicted octanol–water partition coefficient (Wildman–Crippen LogP) is 1.73. The summed E-state index contributed by atoms with van der Waals surface area (Å²) in [5.74, 6) is -0.334. The van der Waals surface area contributed by atoms with Gasteiger partial charge in [-0.2, -0.15) is 5.10 Å². The van der Waals surface area contributed by atoms with Crippen LogP contribution in [0.15, 0.2) is 40.3 Å². The minimum atomic E-state index is -0.229. The van der Waals surface area contributed by atoms with Crippen molar-refractivity contribution in [3.8, 4) is 10.6 Å². The van der Waals surface area contributed by atoms with E-state index in [-0.39, 0.29) is 11.8 Å². The number of hydrogen-bond donors (Lipinski definition) is 3. The van der Waals surface area contributed by atoms with Crippen molar-refractivity contribution in [3.63, 3.8) is 0 Å². The molecule has 0 aliphatic carbocycles. The Morgan fingerprint density at radius 2 is 2.08 bits per heavy atom. The summed E-state index contributed by atoms with van der Waals surface area (Å²) in [5.41, 5.74) is 1.85. The summed E-state index contributed by atoms with van der Waals surface area (Å²) in [6.07, 6.45) is 4.49. The van der Waals surface area contributed by atoms with Crippen LogP contribution >= 0.6 is 11.3 Å². The fourth-order valence-electron chi connectivity index (χ4n) is 2.19. The average molecular weight is 343 g/mol. The highest BCUT2D eigenvalue weighted by Crippen LogP contribution is 2.22. The molecule has 0 unspecified atom stereocenters. The van der Waals surface area contributed by atoms with Gasteiger partial charge >= 0.3 is 0 Å². The van der Waals surface area contributed by atoms with Gasteiger partial charge in [-0.25, -0.2) is 0 Å². The molecule has 2 aromatic heterocycles. The van der Waals surface area contributed by atoms with Crippen molar-refractivity contribution in [2.45, 2.75) is 12.8 Å². The molecule has 7 nitrogen and oxygen atoms in total. The van der Waals surface area contributed by atoms with Gasteiger partial charge in [0.2, 0.25) is 5.91 Å². The summed E-state index contributed by atoms with van der Waals surface area (Å²) in [6.45, 7) is 0.966. The first-order valence-electron chi connectivity index (χ1n) is 7.60. The molecule has 0 radical (unpaired) electrons. The monoisotopic (exact) mass is 343 g/mol. The minimum Gasteiger partial charge on any atom is -0.352 e. The Balaban J connectivity index is 1.37. The van der Waals surface area contributed by atoms with Crippen molar-refractivity contribution < 1.29 is 9.59 Å². The second-order valence-corrected chi connectivity index (χ2v) is 6.15. The lowest BCUT2D eigenvalue weighted by Crippen LogP contribution is -2.30. The third-order valence-electron chi connectivity index (χ3n) is 3.46. The Kier molecular flexibility index (Phi) is 5.17. The SMILES string of the molecule is O=C(NCCCNC(=O)c1cc(-c2cccs2)[nH]n1)C1=CN=CC1. The van der Waals surface area contributed by atoms with Crippen molar-refractivity contribution in [2.75, 3.05) is 13.1 Å². The number of aromatic amines is 1. The maximum Gasteiger partial charge on any atom is 0.271 e. The molecule has 0 aromatic carbocycles. The molecule has 2 amide bonds. The van der Waals surface area contributed by atoms with Crippen molar-refractivity contribution in [2.24, 2.45) is 4.99 Å². The molecule has 2 aromatic rings. The number of aliphatic imine (C=N–C) groups is 1. The van der Waals surface area contributed by atoms with Crippen molar-refractivity contribution >= 4 is 29.4 Å². The smallest absolute Gasteiger partial charge is 0.271 e. The molecule has 3 N–H and O–H groups in total. The summed E-state index contributed by atoms with van der Waals surface area (Å²) < 4.78 is 0. The number of hydrogen-bond acceptors (Lipinski definition) is 5. The fourth-order valence-corrected chi connectivity index (χ4v) is 2.88. The van der Waals surface area contributed by atoms with Crippen molar-refractivity contribution in [1.29, 1.82) is 0 Å². The Labute approximate surface area is 142 Å². The normalized spacial score (nSPS) is 12.9. The Morgan fingerprint density at radius 3 is 2.79 bits per heavy atom. The van der Waals surface area contributed by atoms with Crippen molar-refractivity contribution in [1.82, 2.24) is 20.8 Å². The molecule has 1 aliphatic rings. The van der Waals surface area contributed by atoms with E-state index in [1.165, 1.54) is 0 Å². The number of H-pyrrole nitrogens is 1. The van der Waals surface area contributed by atoms with Crippen LogP contribution in [0.25, 0.3) is 10.6 Å². The molecule has 0 bridgehead atoms. The molecular formula is C16H17N5O2S. The van der Waals surface area contributed by atoms with Crippen molar-refractivity contribution in [3.05, 3.63) is 41.0 Å². The fraction of sp³-hybridized carbons (Fsp3) is 0.250. The summed E-state index contributed by atoms with van der Waals surface area (Å²) in [7, 11) is 0. The van der Waals surface area contributed by atoms with Crippen LogP contribution in [0.4, 0.5) is 0 Å². The first-order chi connectivity index (χ1) is 11.7. The zero-order chi connectivity index (χ0) is 16.8. The topological polar surface area (TPSA) is 99.2 Å². The second-order valence-electron chi connectivity index (χ2n) is 5.20. The molecule has 0 saturated carbocycles. The summed E-state index contributed by atoms with van der Waals surface area (Å²) in [4.78, 5) is 28.7. The van der Waals surface area contributed by atoms with E-state index in [1.54, 1.807) is 29.8 Å². The second kappa shape index (κ2) is 7.69. The molecular weight excluding hydrogens is 326 g/mol. The average Bonchev–Trinajstić information content (AvgIpc) is 3.35. The van der Waals surface area contributed by atoms with Gasteiger partial charge < -0.3 is 10.6 Å². The van der Waals surface area contributed by atoms with Gasteiger partial charge in [-0.1, -0.05) is 6.07 Å². The third kappa shape index (κ3) is 3.96. The summed E-state index contributed by atoms with van der Waals surface area (Å²) >= 11 is 1.58. The molecule has 3 heterocycles. The van der Waals surface area contributed by atoms with Crippen LogP contribution < -0.4 is 10.6 Å². The third-order valence-corrected chi connectivity index (χ3v) is 4.36. The first-order valence-corrected chi connectivity index (χ1v) is 8.48. The number of amides is 2. The van der Waals surface area contributed by atoms with Crippen LogP contribution in [0.3, 0.4) is 0 Å². The Hall–Kier alpha value is -2.74. The standard InChI is InChI=1S/C16H17N5O2S/c22-15(11-4-7-17-10-11)18-5-2-6-19-16(23)13-9-12(20-21-13)14-3-1-8-24-14/h1,3,7-10H,2,4-6H2,(H,18,22)(H,19,23)(H,20,21). The lowest BCUT2D eigenvalue weighted by molar-refractivity contribution is -0.117. The first kappa shape index (κ1) is 16.1. The van der Waals surface area contributed by atoms with E-state index in [4.69, 9.17) is 0 Å². The number of nitrogens with zero attached hydrogens (tertiary/aromatic N) is 2. The number of carbonyl (C=O) groups is 2. The van der Waals surface area contributed by atoms with Gasteiger partial charge in [0.25, 0.3) is 5.91 Å². The molecule has 0 fully saturated rings. The Bertz CT molecular complexity index is 776. The summed E-state index contributed by atoms with van der Waals surface area (Å²) in [6, 6.07) is 5.64. The van der Waals surface area contributed by atoms with Crippen LogP contribution in [-0.2, 0) is 4.79 Å². The van der Waals surface area contributed by atoms with Gasteiger partial charge in [-0.15, -0.1) is 11.3 Å². The molecule has 24 heavy (non-hydrogen) atoms. The largest absolute Gasteiger partial charge is 0.352 e. The van der Waals surface area contributed by atoms with Gasteiger partial charge in [-0.3, -0.25) is 19.7 Å². The molecule has 0 saturated heterocycles. The number of thiophene rings is 1. The minimum absolute atomic E-state index is 0.105. The van der Waals surface area contributed by atoms with Gasteiger partial charge in [-0.05, 0) is 23.9 Å². The number of nitrogens with one attached hydrogen (secondary N) is 3. The molecule has 3 rings (SSSR count). The van der Waals surface area contributed by atoms with E-state index in [1.807, 2.05) is 17.5 Å². The maximum atomic E-state index is 12.0. The Morgan fingerprint density at radius 1 is 1.25 bits per heavy atom. The summed E-state index contributed by atoms with van der Waals surface area (Å²) in [5, 5.41) is 14.5. The van der Waals surface area contributed by atoms with Crippen LogP contribution in [-0.4, -0.2) is 41.3 Å². The zero-order valence-corrected chi connectivity index (χ0v) is 13.7. The molecule has 8 heteroatoms. The molecule has 124 valence electrons. The molecule has 1 aliphatic heterocycles. The number of carbonyl (C=O) groups excluding carboxylic acids is 2. The van der Waals surface area contributed by atoms with E-state index in [0.717, 1.165) is 10.6 Å². The molecule has 0 spiro atoms. The predicted molar refractivity (Wildman–Crippen MR) is 93.1 cm³/mol. The van der Waals surface area contributed by atoms with Crippen LogP contribution in [0.2, 0.25) is 0 Å². The maximum absolute atomic E-state index is 12.0. The van der Waals surface area contributed by atoms with E-state index >= 15 is 0 Å². The number of rotatable bonds is 7. The zero-order valence-electron chi connectivity index (χ0n) is 12.9. The van der Waals surface area contributed by atoms with E-state index in [0.29, 0.717) is 37.2 Å². The van der Waals surface area contributed by atoms with Crippen LogP contribution in [0.1, 0.15) is 23.3 Å². The van der Waals surface area contributed by atoms with Crippen LogP contribution in [0, 0.1) is 0 Å². The van der Waals surface area contributed by atoms with E-state index < -0.39 is 0 Å². The van der Waals surface area contributed by atoms with Gasteiger partial charge in [0.1, 0.15) is 0 Å². The molecule has 0 atom stereocenters. The lowest BCUT2D eigenvalue weighted by Gasteiger charge is -2.06. The highest BCUT2D eigenvalue weighted by Gasteiger charge is 2.12. The highest BCUT2D eigenvalue weighted by atomic mass is 32.1. The quantitative estimate of drug-likeness (QED) is 0.668. The van der Waals surface area contributed by atoms with Gasteiger partial charge in [0.15, 0.2) is 5.69 Å². The van der Waals surface area contributed by atoms with Gasteiger partial charge in [0.05, 0.1) is 10.6 Å². The lowest BCUT2D eigenvalue weighted by atomic mass is 10.2.